The third-order valence-corrected chi connectivity index (χ3v) is 2.29. The van der Waals surface area contributed by atoms with Crippen LogP contribution in [0, 0.1) is 11.7 Å². The van der Waals surface area contributed by atoms with Crippen molar-refractivity contribution >= 4 is 0 Å². The van der Waals surface area contributed by atoms with Crippen LogP contribution in [0.2, 0.25) is 0 Å². The van der Waals surface area contributed by atoms with Gasteiger partial charge in [0.2, 0.25) is 0 Å². The summed E-state index contributed by atoms with van der Waals surface area (Å²) in [5, 5.41) is 9.11. The Bertz CT molecular complexity index is 283. The average molecular weight is 182 g/mol. The molecule has 1 aromatic rings. The predicted molar refractivity (Wildman–Crippen MR) is 51.2 cm³/mol. The van der Waals surface area contributed by atoms with E-state index in [0.29, 0.717) is 5.92 Å². The van der Waals surface area contributed by atoms with Crippen molar-refractivity contribution in [3.63, 3.8) is 0 Å². The van der Waals surface area contributed by atoms with Gasteiger partial charge < -0.3 is 5.11 Å². The Balaban J connectivity index is 2.73. The topological polar surface area (TPSA) is 20.2 Å². The highest BCUT2D eigenvalue weighted by Crippen LogP contribution is 2.19. The molecule has 1 rings (SSSR count). The Kier molecular flexibility index (Phi) is 3.29. The second-order valence-corrected chi connectivity index (χ2v) is 3.50. The minimum Gasteiger partial charge on any atom is -0.505 e. The Hall–Kier alpha value is -1.05. The van der Waals surface area contributed by atoms with Crippen LogP contribution in [-0.2, 0) is 6.42 Å². The average Bonchev–Trinajstić information content (AvgIpc) is 2.11. The number of halogens is 1. The number of benzene rings is 1. The summed E-state index contributed by atoms with van der Waals surface area (Å²) in [6.45, 7) is 4.26. The van der Waals surface area contributed by atoms with E-state index in [1.165, 1.54) is 12.1 Å². The smallest absolute Gasteiger partial charge is 0.164 e. The molecule has 0 amide bonds. The molecule has 1 N–H and O–H groups in total. The number of phenols is 1. The van der Waals surface area contributed by atoms with Gasteiger partial charge in [0, 0.05) is 0 Å². The first kappa shape index (κ1) is 10.0. The number of hydrogen-bond acceptors (Lipinski definition) is 1. The normalized spacial score (nSPS) is 12.8. The quantitative estimate of drug-likeness (QED) is 0.761. The van der Waals surface area contributed by atoms with Gasteiger partial charge in [-0.2, -0.15) is 0 Å². The van der Waals surface area contributed by atoms with E-state index >= 15 is 0 Å². The molecule has 72 valence electrons. The van der Waals surface area contributed by atoms with Crippen LogP contribution in [-0.4, -0.2) is 5.11 Å². The minimum atomic E-state index is -0.548. The van der Waals surface area contributed by atoms with Crippen molar-refractivity contribution < 1.29 is 9.50 Å². The van der Waals surface area contributed by atoms with Crippen LogP contribution in [0.1, 0.15) is 25.8 Å². The molecule has 1 nitrogen and oxygen atoms in total. The first-order valence-electron chi connectivity index (χ1n) is 4.61. The lowest BCUT2D eigenvalue weighted by atomic mass is 9.99. The molecular formula is C11H15FO. The SMILES string of the molecule is CCC(C)Cc1ccc(F)c(O)c1. The lowest BCUT2D eigenvalue weighted by Crippen LogP contribution is -1.97. The molecule has 0 aliphatic rings. The molecule has 1 aromatic carbocycles. The van der Waals surface area contributed by atoms with Crippen LogP contribution in [0.4, 0.5) is 4.39 Å². The van der Waals surface area contributed by atoms with E-state index in [4.69, 9.17) is 5.11 Å². The molecule has 1 atom stereocenters. The third-order valence-electron chi connectivity index (χ3n) is 2.29. The Labute approximate surface area is 78.2 Å². The lowest BCUT2D eigenvalue weighted by molar-refractivity contribution is 0.430. The number of phenolic OH excluding ortho intramolecular Hbond substituents is 1. The van der Waals surface area contributed by atoms with E-state index < -0.39 is 5.82 Å². The molecule has 0 aliphatic heterocycles. The van der Waals surface area contributed by atoms with Crippen molar-refractivity contribution in [2.75, 3.05) is 0 Å². The van der Waals surface area contributed by atoms with Crippen molar-refractivity contribution in [3.05, 3.63) is 29.6 Å². The molecule has 0 aliphatic carbocycles. The summed E-state index contributed by atoms with van der Waals surface area (Å²) < 4.78 is 12.7. The van der Waals surface area contributed by atoms with E-state index in [2.05, 4.69) is 13.8 Å². The maximum atomic E-state index is 12.7. The van der Waals surface area contributed by atoms with Crippen LogP contribution in [0.25, 0.3) is 0 Å². The van der Waals surface area contributed by atoms with Gasteiger partial charge in [0.15, 0.2) is 11.6 Å². The molecule has 0 heterocycles. The van der Waals surface area contributed by atoms with Crippen molar-refractivity contribution in [2.24, 2.45) is 5.92 Å². The summed E-state index contributed by atoms with van der Waals surface area (Å²) >= 11 is 0. The van der Waals surface area contributed by atoms with E-state index in [1.807, 2.05) is 0 Å². The van der Waals surface area contributed by atoms with E-state index in [1.54, 1.807) is 6.07 Å². The lowest BCUT2D eigenvalue weighted by Gasteiger charge is -2.08. The zero-order valence-corrected chi connectivity index (χ0v) is 8.05. The van der Waals surface area contributed by atoms with Crippen LogP contribution in [0.15, 0.2) is 18.2 Å². The minimum absolute atomic E-state index is 0.249. The van der Waals surface area contributed by atoms with Gasteiger partial charge in [0.05, 0.1) is 0 Å². The van der Waals surface area contributed by atoms with Crippen molar-refractivity contribution in [3.8, 4) is 5.75 Å². The monoisotopic (exact) mass is 182 g/mol. The van der Waals surface area contributed by atoms with Crippen molar-refractivity contribution in [1.82, 2.24) is 0 Å². The van der Waals surface area contributed by atoms with E-state index in [-0.39, 0.29) is 5.75 Å². The summed E-state index contributed by atoms with van der Waals surface area (Å²) in [5.74, 6) is -0.224. The van der Waals surface area contributed by atoms with Gasteiger partial charge >= 0.3 is 0 Å². The van der Waals surface area contributed by atoms with Gasteiger partial charge in [-0.05, 0) is 30.0 Å². The molecule has 0 aromatic heterocycles. The second-order valence-electron chi connectivity index (χ2n) is 3.50. The zero-order chi connectivity index (χ0) is 9.84. The summed E-state index contributed by atoms with van der Waals surface area (Å²) in [7, 11) is 0. The predicted octanol–water partition coefficient (Wildman–Crippen LogP) is 3.12. The Morgan fingerprint density at radius 2 is 2.15 bits per heavy atom. The first-order chi connectivity index (χ1) is 6.13. The van der Waals surface area contributed by atoms with Crippen LogP contribution in [0.3, 0.4) is 0 Å². The maximum absolute atomic E-state index is 12.7. The van der Waals surface area contributed by atoms with Crippen molar-refractivity contribution in [1.29, 1.82) is 0 Å². The highest BCUT2D eigenvalue weighted by Gasteiger charge is 2.04. The molecular weight excluding hydrogens is 167 g/mol. The second kappa shape index (κ2) is 4.26. The molecule has 13 heavy (non-hydrogen) atoms. The Morgan fingerprint density at radius 3 is 2.69 bits per heavy atom. The van der Waals surface area contributed by atoms with E-state index in [9.17, 15) is 4.39 Å². The standard InChI is InChI=1S/C11H15FO/c1-3-8(2)6-9-4-5-10(12)11(13)7-9/h4-5,7-8,13H,3,6H2,1-2H3. The number of aromatic hydroxyl groups is 1. The fraction of sp³-hybridized carbons (Fsp3) is 0.455. The van der Waals surface area contributed by atoms with Gasteiger partial charge in [-0.1, -0.05) is 26.3 Å². The summed E-state index contributed by atoms with van der Waals surface area (Å²) in [5.41, 5.74) is 0.994. The molecule has 1 unspecified atom stereocenters. The first-order valence-corrected chi connectivity index (χ1v) is 4.61. The molecule has 0 fully saturated rings. The fourth-order valence-electron chi connectivity index (χ4n) is 1.23. The largest absolute Gasteiger partial charge is 0.505 e. The van der Waals surface area contributed by atoms with Gasteiger partial charge in [-0.25, -0.2) is 4.39 Å². The van der Waals surface area contributed by atoms with Gasteiger partial charge in [0.25, 0.3) is 0 Å². The Morgan fingerprint density at radius 1 is 1.46 bits per heavy atom. The molecule has 0 saturated heterocycles. The number of rotatable bonds is 3. The van der Waals surface area contributed by atoms with Crippen molar-refractivity contribution in [2.45, 2.75) is 26.7 Å². The number of hydrogen-bond donors (Lipinski definition) is 1. The van der Waals surface area contributed by atoms with E-state index in [0.717, 1.165) is 18.4 Å². The highest BCUT2D eigenvalue weighted by molar-refractivity contribution is 5.29. The molecule has 0 radical (unpaired) electrons. The molecule has 0 bridgehead atoms. The molecule has 0 spiro atoms. The summed E-state index contributed by atoms with van der Waals surface area (Å²) in [6, 6.07) is 4.54. The highest BCUT2D eigenvalue weighted by atomic mass is 19.1. The summed E-state index contributed by atoms with van der Waals surface area (Å²) in [4.78, 5) is 0. The maximum Gasteiger partial charge on any atom is 0.164 e. The van der Waals surface area contributed by atoms with Crippen LogP contribution in [0.5, 0.6) is 5.75 Å². The fourth-order valence-corrected chi connectivity index (χ4v) is 1.23. The zero-order valence-electron chi connectivity index (χ0n) is 8.05. The molecule has 2 heteroatoms. The summed E-state index contributed by atoms with van der Waals surface area (Å²) in [6.07, 6.45) is 1.99. The van der Waals surface area contributed by atoms with Gasteiger partial charge in [0.1, 0.15) is 0 Å². The third kappa shape index (κ3) is 2.72. The van der Waals surface area contributed by atoms with Crippen LogP contribution < -0.4 is 0 Å². The van der Waals surface area contributed by atoms with Crippen LogP contribution >= 0.6 is 0 Å². The van der Waals surface area contributed by atoms with Gasteiger partial charge in [-0.15, -0.1) is 0 Å². The van der Waals surface area contributed by atoms with Gasteiger partial charge in [-0.3, -0.25) is 0 Å². The molecule has 0 saturated carbocycles.